The molecule has 0 atom stereocenters. The normalized spacial score (nSPS) is 18.9. The molecule has 0 aliphatic carbocycles. The number of rotatable bonds is 1. The number of benzene rings is 1. The Labute approximate surface area is 112 Å². The summed E-state index contributed by atoms with van der Waals surface area (Å²) in [5.41, 5.74) is 0.998. The smallest absolute Gasteiger partial charge is 0.254 e. The molecule has 6 heteroatoms. The van der Waals surface area contributed by atoms with E-state index in [0.717, 1.165) is 0 Å². The first-order valence-electron chi connectivity index (χ1n) is 6.15. The molecule has 104 valence electrons. The fraction of sp³-hybridized carbons (Fsp3) is 0.462. The minimum atomic E-state index is -3.04. The topological polar surface area (TPSA) is 54.5 Å². The Morgan fingerprint density at radius 1 is 1.26 bits per heavy atom. The van der Waals surface area contributed by atoms with E-state index in [1.165, 1.54) is 23.1 Å². The molecule has 4 nitrogen and oxygen atoms in total. The minimum absolute atomic E-state index is 0.00101. The van der Waals surface area contributed by atoms with Crippen LogP contribution < -0.4 is 0 Å². The molecule has 19 heavy (non-hydrogen) atoms. The fourth-order valence-electron chi connectivity index (χ4n) is 2.18. The van der Waals surface area contributed by atoms with E-state index in [9.17, 15) is 17.6 Å². The third kappa shape index (κ3) is 3.32. The number of carbonyl (C=O) groups excluding carboxylic acids is 1. The lowest BCUT2D eigenvalue weighted by Gasteiger charge is -2.20. The highest BCUT2D eigenvalue weighted by molar-refractivity contribution is 7.91. The highest BCUT2D eigenvalue weighted by atomic mass is 32.2. The molecular formula is C13H16FNO3S. The summed E-state index contributed by atoms with van der Waals surface area (Å²) in [6.07, 6.45) is 0.453. The molecule has 1 aromatic carbocycles. The van der Waals surface area contributed by atoms with Gasteiger partial charge in [-0.25, -0.2) is 12.8 Å². The van der Waals surface area contributed by atoms with Crippen molar-refractivity contribution in [1.82, 2.24) is 4.90 Å². The minimum Gasteiger partial charge on any atom is -0.338 e. The lowest BCUT2D eigenvalue weighted by molar-refractivity contribution is 0.0767. The van der Waals surface area contributed by atoms with Crippen LogP contribution in [0.1, 0.15) is 22.3 Å². The van der Waals surface area contributed by atoms with Crippen LogP contribution in [-0.4, -0.2) is 43.8 Å². The van der Waals surface area contributed by atoms with Gasteiger partial charge in [-0.3, -0.25) is 4.79 Å². The molecule has 0 bridgehead atoms. The number of aryl methyl sites for hydroxylation is 1. The standard InChI is InChI=1S/C13H16FNO3S/c1-10-9-11(14)3-4-12(10)13(16)15-5-2-7-19(17,18)8-6-15/h3-4,9H,2,5-8H2,1H3. The van der Waals surface area contributed by atoms with Gasteiger partial charge in [-0.2, -0.15) is 0 Å². The van der Waals surface area contributed by atoms with Crippen molar-refractivity contribution >= 4 is 15.7 Å². The van der Waals surface area contributed by atoms with E-state index in [-0.39, 0.29) is 29.8 Å². The molecule has 1 heterocycles. The van der Waals surface area contributed by atoms with Crippen LogP contribution >= 0.6 is 0 Å². The molecule has 1 aliphatic heterocycles. The van der Waals surface area contributed by atoms with Gasteiger partial charge in [0, 0.05) is 18.7 Å². The maximum Gasteiger partial charge on any atom is 0.254 e. The van der Waals surface area contributed by atoms with Crippen molar-refractivity contribution < 1.29 is 17.6 Å². The number of amides is 1. The largest absolute Gasteiger partial charge is 0.338 e. The second-order valence-corrected chi connectivity index (χ2v) is 7.06. The van der Waals surface area contributed by atoms with Crippen molar-refractivity contribution in [2.75, 3.05) is 24.6 Å². The molecule has 1 aromatic rings. The molecule has 0 saturated carbocycles. The van der Waals surface area contributed by atoms with E-state index < -0.39 is 9.84 Å². The van der Waals surface area contributed by atoms with Gasteiger partial charge in [0.15, 0.2) is 9.84 Å². The highest BCUT2D eigenvalue weighted by Gasteiger charge is 2.24. The molecule has 0 aromatic heterocycles. The number of halogens is 1. The van der Waals surface area contributed by atoms with Crippen molar-refractivity contribution in [1.29, 1.82) is 0 Å². The van der Waals surface area contributed by atoms with E-state index in [2.05, 4.69) is 0 Å². The number of carbonyl (C=O) groups is 1. The van der Waals surface area contributed by atoms with E-state index in [0.29, 0.717) is 24.1 Å². The average Bonchev–Trinajstić information content (AvgIpc) is 2.49. The van der Waals surface area contributed by atoms with E-state index >= 15 is 0 Å². The van der Waals surface area contributed by atoms with Crippen molar-refractivity contribution in [2.24, 2.45) is 0 Å². The molecule has 1 saturated heterocycles. The van der Waals surface area contributed by atoms with Crippen molar-refractivity contribution in [3.8, 4) is 0 Å². The summed E-state index contributed by atoms with van der Waals surface area (Å²) >= 11 is 0. The quantitative estimate of drug-likeness (QED) is 0.783. The van der Waals surface area contributed by atoms with Gasteiger partial charge >= 0.3 is 0 Å². The Kier molecular flexibility index (Phi) is 3.89. The van der Waals surface area contributed by atoms with Gasteiger partial charge in [-0.15, -0.1) is 0 Å². The number of hydrogen-bond acceptors (Lipinski definition) is 3. The Balaban J connectivity index is 2.20. The summed E-state index contributed by atoms with van der Waals surface area (Å²) in [7, 11) is -3.04. The van der Waals surface area contributed by atoms with Crippen molar-refractivity contribution in [2.45, 2.75) is 13.3 Å². The van der Waals surface area contributed by atoms with Crippen LogP contribution in [0.2, 0.25) is 0 Å². The molecule has 0 unspecified atom stereocenters. The van der Waals surface area contributed by atoms with Crippen molar-refractivity contribution in [3.05, 3.63) is 35.1 Å². The number of nitrogens with zero attached hydrogens (tertiary/aromatic N) is 1. The molecule has 1 fully saturated rings. The van der Waals surface area contributed by atoms with Crippen LogP contribution in [0.4, 0.5) is 4.39 Å². The summed E-state index contributed by atoms with van der Waals surface area (Å²) in [5, 5.41) is 0. The number of sulfone groups is 1. The van der Waals surface area contributed by atoms with Crippen LogP contribution in [0, 0.1) is 12.7 Å². The zero-order valence-electron chi connectivity index (χ0n) is 10.7. The van der Waals surface area contributed by atoms with Crippen molar-refractivity contribution in [3.63, 3.8) is 0 Å². The maximum absolute atomic E-state index is 13.0. The Morgan fingerprint density at radius 2 is 2.00 bits per heavy atom. The zero-order valence-corrected chi connectivity index (χ0v) is 11.5. The first-order valence-corrected chi connectivity index (χ1v) is 7.97. The van der Waals surface area contributed by atoms with Crippen LogP contribution in [0.3, 0.4) is 0 Å². The highest BCUT2D eigenvalue weighted by Crippen LogP contribution is 2.15. The second kappa shape index (κ2) is 5.28. The first kappa shape index (κ1) is 14.0. The SMILES string of the molecule is Cc1cc(F)ccc1C(=O)N1CCCS(=O)(=O)CC1. The summed E-state index contributed by atoms with van der Waals surface area (Å²) in [5.74, 6) is -0.486. The van der Waals surface area contributed by atoms with E-state index in [1.807, 2.05) is 0 Å². The van der Waals surface area contributed by atoms with Crippen LogP contribution in [-0.2, 0) is 9.84 Å². The van der Waals surface area contributed by atoms with Crippen LogP contribution in [0.5, 0.6) is 0 Å². The van der Waals surface area contributed by atoms with Gasteiger partial charge in [0.05, 0.1) is 11.5 Å². The summed E-state index contributed by atoms with van der Waals surface area (Å²) in [6.45, 7) is 2.30. The van der Waals surface area contributed by atoms with Gasteiger partial charge in [-0.05, 0) is 37.1 Å². The first-order chi connectivity index (χ1) is 8.89. The molecule has 1 aliphatic rings. The third-order valence-electron chi connectivity index (χ3n) is 3.26. The molecule has 1 amide bonds. The van der Waals surface area contributed by atoms with E-state index in [1.54, 1.807) is 6.92 Å². The molecule has 2 rings (SSSR count). The summed E-state index contributed by atoms with van der Waals surface area (Å²) < 4.78 is 36.0. The Bertz CT molecular complexity index is 598. The number of hydrogen-bond donors (Lipinski definition) is 0. The van der Waals surface area contributed by atoms with Gasteiger partial charge < -0.3 is 4.90 Å². The maximum atomic E-state index is 13.0. The molecular weight excluding hydrogens is 269 g/mol. The predicted molar refractivity (Wildman–Crippen MR) is 70.3 cm³/mol. The van der Waals surface area contributed by atoms with Gasteiger partial charge in [0.2, 0.25) is 0 Å². The molecule has 0 radical (unpaired) electrons. The fourth-order valence-corrected chi connectivity index (χ4v) is 3.45. The van der Waals surface area contributed by atoms with Crippen LogP contribution in [0.25, 0.3) is 0 Å². The molecule has 0 spiro atoms. The Morgan fingerprint density at radius 3 is 2.68 bits per heavy atom. The van der Waals surface area contributed by atoms with Gasteiger partial charge in [0.1, 0.15) is 5.82 Å². The lowest BCUT2D eigenvalue weighted by atomic mass is 10.1. The Hall–Kier alpha value is -1.43. The van der Waals surface area contributed by atoms with Crippen LogP contribution in [0.15, 0.2) is 18.2 Å². The summed E-state index contributed by atoms with van der Waals surface area (Å²) in [6, 6.07) is 4.00. The van der Waals surface area contributed by atoms with Gasteiger partial charge in [-0.1, -0.05) is 0 Å². The van der Waals surface area contributed by atoms with E-state index in [4.69, 9.17) is 0 Å². The predicted octanol–water partition coefficient (Wildman–Crippen LogP) is 1.39. The second-order valence-electron chi connectivity index (χ2n) is 4.76. The monoisotopic (exact) mass is 285 g/mol. The third-order valence-corrected chi connectivity index (χ3v) is 4.98. The zero-order chi connectivity index (χ0) is 14.0. The van der Waals surface area contributed by atoms with Gasteiger partial charge in [0.25, 0.3) is 5.91 Å². The lowest BCUT2D eigenvalue weighted by Crippen LogP contribution is -2.34. The summed E-state index contributed by atoms with van der Waals surface area (Å²) in [4.78, 5) is 13.8. The molecule has 0 N–H and O–H groups in total. The average molecular weight is 285 g/mol.